The number of para-hydroxylation sites is 1. The molecule has 1 N–H and O–H groups in total. The van der Waals surface area contributed by atoms with Crippen LogP contribution in [0.1, 0.15) is 19.4 Å². The van der Waals surface area contributed by atoms with Crippen molar-refractivity contribution < 1.29 is 13.9 Å². The SMILES string of the molecule is CCOC(=O)Cn1nnc(-c2ccccc2Nc2cccc(C(C)(F)P)c2)n1. The van der Waals surface area contributed by atoms with Crippen LogP contribution in [0.3, 0.4) is 0 Å². The molecule has 146 valence electrons. The third kappa shape index (κ3) is 4.89. The summed E-state index contributed by atoms with van der Waals surface area (Å²) >= 11 is 0. The van der Waals surface area contributed by atoms with Gasteiger partial charge in [0, 0.05) is 16.9 Å². The van der Waals surface area contributed by atoms with E-state index < -0.39 is 11.4 Å². The highest BCUT2D eigenvalue weighted by Crippen LogP contribution is 2.35. The summed E-state index contributed by atoms with van der Waals surface area (Å²) in [5.41, 5.74) is 2.71. The maximum Gasteiger partial charge on any atom is 0.329 e. The first-order chi connectivity index (χ1) is 13.4. The molecular weight excluding hydrogens is 380 g/mol. The molecule has 0 fully saturated rings. The van der Waals surface area contributed by atoms with Crippen LogP contribution in [0.15, 0.2) is 48.5 Å². The van der Waals surface area contributed by atoms with E-state index in [1.165, 1.54) is 11.7 Å². The Bertz CT molecular complexity index is 971. The quantitative estimate of drug-likeness (QED) is 0.481. The molecule has 2 atom stereocenters. The van der Waals surface area contributed by atoms with Gasteiger partial charge in [-0.05, 0) is 48.9 Å². The van der Waals surface area contributed by atoms with Crippen molar-refractivity contribution in [1.29, 1.82) is 0 Å². The molecular formula is C19H21FN5O2P. The van der Waals surface area contributed by atoms with Gasteiger partial charge in [-0.15, -0.1) is 10.2 Å². The number of aromatic nitrogens is 4. The van der Waals surface area contributed by atoms with Crippen LogP contribution in [-0.2, 0) is 21.5 Å². The maximum absolute atomic E-state index is 14.2. The van der Waals surface area contributed by atoms with Gasteiger partial charge < -0.3 is 10.1 Å². The van der Waals surface area contributed by atoms with Gasteiger partial charge in [0.15, 0.2) is 6.54 Å². The van der Waals surface area contributed by atoms with Crippen molar-refractivity contribution in [3.63, 3.8) is 0 Å². The number of nitrogens with zero attached hydrogens (tertiary/aromatic N) is 4. The summed E-state index contributed by atoms with van der Waals surface area (Å²) in [4.78, 5) is 12.8. The van der Waals surface area contributed by atoms with Crippen LogP contribution < -0.4 is 5.32 Å². The third-order valence-electron chi connectivity index (χ3n) is 3.90. The Balaban J connectivity index is 1.85. The predicted octanol–water partition coefficient (Wildman–Crippen LogP) is 3.66. The zero-order chi connectivity index (χ0) is 20.1. The van der Waals surface area contributed by atoms with E-state index in [2.05, 4.69) is 30.0 Å². The number of nitrogens with one attached hydrogen (secondary N) is 1. The number of anilines is 2. The summed E-state index contributed by atoms with van der Waals surface area (Å²) in [6, 6.07) is 14.5. The number of alkyl halides is 1. The molecule has 0 saturated heterocycles. The number of tetrazole rings is 1. The first kappa shape index (κ1) is 19.9. The van der Waals surface area contributed by atoms with E-state index in [4.69, 9.17) is 4.74 Å². The Morgan fingerprint density at radius 2 is 2.07 bits per heavy atom. The Hall–Kier alpha value is -2.86. The fraction of sp³-hybridized carbons (Fsp3) is 0.263. The standard InChI is InChI=1S/C19H21FN5O2P/c1-3-27-17(26)12-25-23-18(22-24-25)15-9-4-5-10-16(15)21-14-8-6-7-13(11-14)19(2,20)28/h4-11,21H,3,12,28H2,1-2H3. The van der Waals surface area contributed by atoms with E-state index in [1.54, 1.807) is 25.1 Å². The number of halogens is 1. The van der Waals surface area contributed by atoms with Crippen molar-refractivity contribution in [1.82, 2.24) is 20.2 Å². The van der Waals surface area contributed by atoms with Crippen molar-refractivity contribution in [2.75, 3.05) is 11.9 Å². The number of esters is 1. The Kier molecular flexibility index (Phi) is 5.99. The molecule has 0 aliphatic carbocycles. The smallest absolute Gasteiger partial charge is 0.329 e. The second-order valence-corrected chi connectivity index (χ2v) is 7.36. The Labute approximate surface area is 164 Å². The summed E-state index contributed by atoms with van der Waals surface area (Å²) in [5.74, 6) is -0.0636. The number of hydrogen-bond donors (Lipinski definition) is 1. The molecule has 1 aromatic heterocycles. The fourth-order valence-electron chi connectivity index (χ4n) is 2.58. The fourth-order valence-corrected chi connectivity index (χ4v) is 2.76. The number of carbonyl (C=O) groups is 1. The van der Waals surface area contributed by atoms with E-state index in [0.717, 1.165) is 11.4 Å². The number of ether oxygens (including phenoxy) is 1. The lowest BCUT2D eigenvalue weighted by Crippen LogP contribution is -2.15. The predicted molar refractivity (Wildman–Crippen MR) is 108 cm³/mol. The minimum Gasteiger partial charge on any atom is -0.465 e. The van der Waals surface area contributed by atoms with Crippen LogP contribution in [0.2, 0.25) is 0 Å². The third-order valence-corrected chi connectivity index (χ3v) is 4.24. The second kappa shape index (κ2) is 8.44. The van der Waals surface area contributed by atoms with Crippen LogP contribution >= 0.6 is 9.24 Å². The number of rotatable bonds is 7. The van der Waals surface area contributed by atoms with Crippen LogP contribution in [0.5, 0.6) is 0 Å². The highest BCUT2D eigenvalue weighted by molar-refractivity contribution is 7.18. The summed E-state index contributed by atoms with van der Waals surface area (Å²) in [7, 11) is 2.19. The van der Waals surface area contributed by atoms with Crippen molar-refractivity contribution in [2.24, 2.45) is 0 Å². The minimum absolute atomic E-state index is 0.109. The number of carbonyl (C=O) groups excluding carboxylic acids is 1. The van der Waals surface area contributed by atoms with E-state index in [-0.39, 0.29) is 6.54 Å². The molecule has 0 spiro atoms. The van der Waals surface area contributed by atoms with Gasteiger partial charge in [-0.3, -0.25) is 0 Å². The number of benzene rings is 2. The van der Waals surface area contributed by atoms with Crippen LogP contribution in [-0.4, -0.2) is 32.8 Å². The van der Waals surface area contributed by atoms with Gasteiger partial charge in [0.05, 0.1) is 6.61 Å². The van der Waals surface area contributed by atoms with E-state index in [1.807, 2.05) is 30.3 Å². The molecule has 0 saturated carbocycles. The molecule has 9 heteroatoms. The Morgan fingerprint density at radius 3 is 2.82 bits per heavy atom. The average Bonchev–Trinajstić information content (AvgIpc) is 3.10. The molecule has 2 unspecified atom stereocenters. The first-order valence-corrected chi connectivity index (χ1v) is 9.32. The topological polar surface area (TPSA) is 81.9 Å². The van der Waals surface area contributed by atoms with Crippen LogP contribution in [0.25, 0.3) is 11.4 Å². The molecule has 0 radical (unpaired) electrons. The van der Waals surface area contributed by atoms with Crippen LogP contribution in [0.4, 0.5) is 15.8 Å². The van der Waals surface area contributed by atoms with Gasteiger partial charge in [0.25, 0.3) is 0 Å². The molecule has 2 aromatic carbocycles. The lowest BCUT2D eigenvalue weighted by atomic mass is 10.1. The highest BCUT2D eigenvalue weighted by atomic mass is 31.0. The normalized spacial score (nSPS) is 13.0. The first-order valence-electron chi connectivity index (χ1n) is 8.75. The monoisotopic (exact) mass is 401 g/mol. The van der Waals surface area contributed by atoms with Crippen molar-refractivity contribution in [3.05, 3.63) is 54.1 Å². The van der Waals surface area contributed by atoms with Crippen molar-refractivity contribution in [3.8, 4) is 11.4 Å². The molecule has 7 nitrogen and oxygen atoms in total. The van der Waals surface area contributed by atoms with E-state index in [9.17, 15) is 9.18 Å². The summed E-state index contributed by atoms with van der Waals surface area (Å²) < 4.78 is 19.1. The summed E-state index contributed by atoms with van der Waals surface area (Å²) in [6.07, 6.45) is 0. The lowest BCUT2D eigenvalue weighted by molar-refractivity contribution is -0.144. The van der Waals surface area contributed by atoms with Gasteiger partial charge in [-0.2, -0.15) is 4.80 Å². The molecule has 0 bridgehead atoms. The zero-order valence-corrected chi connectivity index (χ0v) is 16.7. The van der Waals surface area contributed by atoms with Crippen molar-refractivity contribution in [2.45, 2.75) is 25.8 Å². The molecule has 28 heavy (non-hydrogen) atoms. The maximum atomic E-state index is 14.2. The van der Waals surface area contributed by atoms with Gasteiger partial charge in [-0.1, -0.05) is 33.5 Å². The minimum atomic E-state index is -1.52. The van der Waals surface area contributed by atoms with Crippen LogP contribution in [0, 0.1) is 0 Å². The van der Waals surface area contributed by atoms with E-state index >= 15 is 0 Å². The molecule has 0 amide bonds. The Morgan fingerprint density at radius 1 is 1.29 bits per heavy atom. The summed E-state index contributed by atoms with van der Waals surface area (Å²) in [5, 5.41) is 13.9. The van der Waals surface area contributed by atoms with E-state index in [0.29, 0.717) is 23.6 Å². The number of hydrogen-bond acceptors (Lipinski definition) is 6. The molecule has 1 heterocycles. The highest BCUT2D eigenvalue weighted by Gasteiger charge is 2.19. The zero-order valence-electron chi connectivity index (χ0n) is 15.6. The van der Waals surface area contributed by atoms with Crippen molar-refractivity contribution >= 4 is 26.6 Å². The van der Waals surface area contributed by atoms with Gasteiger partial charge >= 0.3 is 5.97 Å². The van der Waals surface area contributed by atoms with Gasteiger partial charge in [0.1, 0.15) is 5.41 Å². The average molecular weight is 401 g/mol. The summed E-state index contributed by atoms with van der Waals surface area (Å²) in [6.45, 7) is 3.40. The largest absolute Gasteiger partial charge is 0.465 e. The molecule has 0 aliphatic heterocycles. The molecule has 3 aromatic rings. The molecule has 0 aliphatic rings. The molecule has 3 rings (SSSR count). The second-order valence-electron chi connectivity index (χ2n) is 6.28. The van der Waals surface area contributed by atoms with Gasteiger partial charge in [-0.25, -0.2) is 9.18 Å². The van der Waals surface area contributed by atoms with Gasteiger partial charge in [0.2, 0.25) is 5.82 Å². The lowest BCUT2D eigenvalue weighted by Gasteiger charge is -2.16.